The molecule has 5 nitrogen and oxygen atoms in total. The number of aryl methyl sites for hydroxylation is 1. The van der Waals surface area contributed by atoms with E-state index in [-0.39, 0.29) is 0 Å². The molecule has 4 aromatic heterocycles. The second-order valence-electron chi connectivity index (χ2n) is 10.4. The van der Waals surface area contributed by atoms with E-state index in [1.165, 1.54) is 11.1 Å². The number of benzene rings is 3. The molecule has 0 amide bonds. The van der Waals surface area contributed by atoms with Crippen molar-refractivity contribution in [2.24, 2.45) is 0 Å². The van der Waals surface area contributed by atoms with E-state index in [0.29, 0.717) is 5.92 Å². The van der Waals surface area contributed by atoms with Gasteiger partial charge in [0.15, 0.2) is 5.65 Å². The lowest BCUT2D eigenvalue weighted by Crippen LogP contribution is -2.01. The third kappa shape index (κ3) is 3.51. The molecule has 40 heavy (non-hydrogen) atoms. The van der Waals surface area contributed by atoms with Gasteiger partial charge in [0.2, 0.25) is 0 Å². The third-order valence-corrected chi connectivity index (χ3v) is 8.10. The summed E-state index contributed by atoms with van der Waals surface area (Å²) < 4.78 is 4.37. The zero-order chi connectivity index (χ0) is 26.6. The Kier molecular flexibility index (Phi) is 5.17. The fourth-order valence-electron chi connectivity index (χ4n) is 6.09. The highest BCUT2D eigenvalue weighted by atomic mass is 15.1. The van der Waals surface area contributed by atoms with Gasteiger partial charge in [-0.25, -0.2) is 15.0 Å². The molecule has 1 unspecified atom stereocenters. The number of pyridine rings is 2. The Morgan fingerprint density at radius 1 is 0.800 bits per heavy atom. The first-order valence-electron chi connectivity index (χ1n) is 13.9. The van der Waals surface area contributed by atoms with E-state index in [9.17, 15) is 0 Å². The molecule has 0 fully saturated rings. The third-order valence-electron chi connectivity index (χ3n) is 8.10. The smallest absolute Gasteiger partial charge is 0.165 e. The summed E-state index contributed by atoms with van der Waals surface area (Å²) in [6.45, 7) is 3.06. The SMILES string of the molecule is CCn1c(-c2ccc(C3C=CC(c4nc5c(nc6ccccn65)c5ccccc45)=CC3)cc2)nc2ccccc21. The minimum absolute atomic E-state index is 0.327. The number of fused-ring (bicyclic) bond motifs is 6. The molecule has 192 valence electrons. The van der Waals surface area contributed by atoms with Crippen LogP contribution in [-0.2, 0) is 6.54 Å². The van der Waals surface area contributed by atoms with Crippen molar-refractivity contribution in [2.75, 3.05) is 0 Å². The Hall–Kier alpha value is -5.03. The standard InChI is InChI=1S/C35H27N5/c1-2-39-30-12-6-5-11-29(30)36-34(39)26-20-16-24(17-21-26)23-14-18-25(19-15-23)32-27-9-3-4-10-28(27)33-35(38-32)40-22-8-7-13-31(40)37-33/h3-14,16-23H,2,15H2,1H3. The van der Waals surface area contributed by atoms with Crippen LogP contribution in [0.5, 0.6) is 0 Å². The fourth-order valence-corrected chi connectivity index (χ4v) is 6.09. The van der Waals surface area contributed by atoms with Gasteiger partial charge < -0.3 is 4.57 Å². The lowest BCUT2D eigenvalue weighted by Gasteiger charge is -2.18. The summed E-state index contributed by atoms with van der Waals surface area (Å²) >= 11 is 0. The average Bonchev–Trinajstić information content (AvgIpc) is 3.59. The summed E-state index contributed by atoms with van der Waals surface area (Å²) in [6.07, 6.45) is 9.86. The summed E-state index contributed by atoms with van der Waals surface area (Å²) in [4.78, 5) is 15.0. The predicted octanol–water partition coefficient (Wildman–Crippen LogP) is 8.20. The van der Waals surface area contributed by atoms with E-state index in [4.69, 9.17) is 15.0 Å². The van der Waals surface area contributed by atoms with Crippen LogP contribution in [0.1, 0.15) is 30.5 Å². The van der Waals surface area contributed by atoms with Crippen molar-refractivity contribution in [3.63, 3.8) is 0 Å². The number of aromatic nitrogens is 5. The molecule has 1 aliphatic carbocycles. The van der Waals surface area contributed by atoms with Crippen LogP contribution in [0.25, 0.3) is 55.6 Å². The minimum atomic E-state index is 0.327. The number of hydrogen-bond donors (Lipinski definition) is 0. The van der Waals surface area contributed by atoms with Crippen molar-refractivity contribution in [2.45, 2.75) is 25.8 Å². The first-order valence-corrected chi connectivity index (χ1v) is 13.9. The summed E-state index contributed by atoms with van der Waals surface area (Å²) in [5.74, 6) is 1.35. The number of hydrogen-bond acceptors (Lipinski definition) is 3. The van der Waals surface area contributed by atoms with Crippen LogP contribution in [-0.4, -0.2) is 23.9 Å². The van der Waals surface area contributed by atoms with Gasteiger partial charge in [-0.15, -0.1) is 0 Å². The van der Waals surface area contributed by atoms with Crippen LogP contribution in [0.4, 0.5) is 0 Å². The van der Waals surface area contributed by atoms with E-state index in [0.717, 1.165) is 68.7 Å². The van der Waals surface area contributed by atoms with Gasteiger partial charge in [0, 0.05) is 35.0 Å². The summed E-state index contributed by atoms with van der Waals surface area (Å²) in [5, 5.41) is 2.27. The van der Waals surface area contributed by atoms with Crippen molar-refractivity contribution >= 4 is 44.2 Å². The van der Waals surface area contributed by atoms with Crippen molar-refractivity contribution in [3.8, 4) is 11.4 Å². The Bertz CT molecular complexity index is 2130. The molecule has 5 heteroatoms. The van der Waals surface area contributed by atoms with Crippen molar-refractivity contribution in [1.29, 1.82) is 0 Å². The second kappa shape index (κ2) is 9.02. The molecule has 1 aliphatic rings. The van der Waals surface area contributed by atoms with Crippen LogP contribution in [0.15, 0.2) is 115 Å². The number of nitrogens with zero attached hydrogens (tertiary/aromatic N) is 5. The number of allylic oxidation sites excluding steroid dienone is 4. The van der Waals surface area contributed by atoms with Crippen molar-refractivity contribution in [1.82, 2.24) is 23.9 Å². The molecule has 0 bridgehead atoms. The minimum Gasteiger partial charge on any atom is -0.324 e. The molecular formula is C35H27N5. The van der Waals surface area contributed by atoms with Gasteiger partial charge in [-0.2, -0.15) is 0 Å². The summed E-state index contributed by atoms with van der Waals surface area (Å²) in [6, 6.07) is 31.8. The van der Waals surface area contributed by atoms with Crippen LogP contribution in [0, 0.1) is 0 Å². The molecule has 8 rings (SSSR count). The van der Waals surface area contributed by atoms with Gasteiger partial charge in [0.05, 0.1) is 16.7 Å². The van der Waals surface area contributed by atoms with Gasteiger partial charge in [0.1, 0.15) is 17.0 Å². The molecular weight excluding hydrogens is 490 g/mol. The average molecular weight is 518 g/mol. The molecule has 4 heterocycles. The van der Waals surface area contributed by atoms with Gasteiger partial charge >= 0.3 is 0 Å². The maximum absolute atomic E-state index is 5.16. The fraction of sp³-hybridized carbons (Fsp3) is 0.114. The number of para-hydroxylation sites is 2. The lowest BCUT2D eigenvalue weighted by atomic mass is 9.88. The van der Waals surface area contributed by atoms with E-state index in [1.807, 2.05) is 30.5 Å². The molecule has 0 spiro atoms. The van der Waals surface area contributed by atoms with Crippen LogP contribution in [0.2, 0.25) is 0 Å². The predicted molar refractivity (Wildman–Crippen MR) is 163 cm³/mol. The lowest BCUT2D eigenvalue weighted by molar-refractivity contribution is 0.796. The highest BCUT2D eigenvalue weighted by Crippen LogP contribution is 2.36. The molecule has 0 N–H and O–H groups in total. The van der Waals surface area contributed by atoms with Crippen LogP contribution in [0.3, 0.4) is 0 Å². The quantitative estimate of drug-likeness (QED) is 0.236. The van der Waals surface area contributed by atoms with Crippen LogP contribution < -0.4 is 0 Å². The van der Waals surface area contributed by atoms with E-state index < -0.39 is 0 Å². The molecule has 7 aromatic rings. The molecule has 0 radical (unpaired) electrons. The topological polar surface area (TPSA) is 48.0 Å². The van der Waals surface area contributed by atoms with Gasteiger partial charge in [-0.1, -0.05) is 85.0 Å². The van der Waals surface area contributed by atoms with Gasteiger partial charge in [-0.05, 0) is 48.7 Å². The molecule has 1 atom stereocenters. The zero-order valence-electron chi connectivity index (χ0n) is 22.2. The first kappa shape index (κ1) is 22.9. The van der Waals surface area contributed by atoms with Crippen molar-refractivity contribution < 1.29 is 0 Å². The molecule has 3 aromatic carbocycles. The summed E-state index contributed by atoms with van der Waals surface area (Å²) in [7, 11) is 0. The Labute approximate surface area is 231 Å². The maximum atomic E-state index is 5.16. The number of imidazole rings is 2. The maximum Gasteiger partial charge on any atom is 0.165 e. The number of rotatable bonds is 4. The monoisotopic (exact) mass is 517 g/mol. The first-order chi connectivity index (χ1) is 19.8. The second-order valence-corrected chi connectivity index (χ2v) is 10.4. The van der Waals surface area contributed by atoms with Crippen molar-refractivity contribution in [3.05, 3.63) is 127 Å². The largest absolute Gasteiger partial charge is 0.324 e. The van der Waals surface area contributed by atoms with Gasteiger partial charge in [0.25, 0.3) is 0 Å². The molecule has 0 aliphatic heterocycles. The van der Waals surface area contributed by atoms with E-state index in [2.05, 4.69) is 101 Å². The molecule has 0 saturated carbocycles. The Morgan fingerprint density at radius 2 is 1.60 bits per heavy atom. The summed E-state index contributed by atoms with van der Waals surface area (Å²) in [5.41, 5.74) is 9.61. The van der Waals surface area contributed by atoms with E-state index in [1.54, 1.807) is 0 Å². The Balaban J connectivity index is 1.13. The Morgan fingerprint density at radius 3 is 2.42 bits per heavy atom. The normalized spacial score (nSPS) is 15.4. The molecule has 0 saturated heterocycles. The zero-order valence-corrected chi connectivity index (χ0v) is 22.2. The highest BCUT2D eigenvalue weighted by molar-refractivity contribution is 6.08. The van der Waals surface area contributed by atoms with Crippen LogP contribution >= 0.6 is 0 Å². The van der Waals surface area contributed by atoms with Gasteiger partial charge in [-0.3, -0.25) is 4.40 Å². The van der Waals surface area contributed by atoms with E-state index >= 15 is 0 Å². The highest BCUT2D eigenvalue weighted by Gasteiger charge is 2.19.